The number of carbonyl (C=O) groups is 2. The van der Waals surface area contributed by atoms with E-state index in [4.69, 9.17) is 0 Å². The number of imide groups is 1. The van der Waals surface area contributed by atoms with Gasteiger partial charge in [0.2, 0.25) is 0 Å². The molecule has 0 fully saturated rings. The van der Waals surface area contributed by atoms with E-state index in [1.807, 2.05) is 0 Å². The molecule has 0 aliphatic carbocycles. The summed E-state index contributed by atoms with van der Waals surface area (Å²) >= 11 is 0. The Morgan fingerprint density at radius 1 is 1.05 bits per heavy atom. The van der Waals surface area contributed by atoms with Gasteiger partial charge < -0.3 is 0 Å². The summed E-state index contributed by atoms with van der Waals surface area (Å²) < 4.78 is 38.2. The van der Waals surface area contributed by atoms with Crippen LogP contribution in [0.25, 0.3) is 0 Å². The van der Waals surface area contributed by atoms with Crippen molar-refractivity contribution in [1.29, 1.82) is 0 Å². The minimum Gasteiger partial charge on any atom is -0.275 e. The van der Waals surface area contributed by atoms with E-state index in [9.17, 15) is 22.8 Å². The van der Waals surface area contributed by atoms with E-state index in [-0.39, 0.29) is 24.8 Å². The molecule has 2 amide bonds. The van der Waals surface area contributed by atoms with Gasteiger partial charge in [-0.2, -0.15) is 13.2 Å². The molecule has 0 bridgehead atoms. The van der Waals surface area contributed by atoms with Gasteiger partial charge in [-0.1, -0.05) is 26.7 Å². The molecule has 1 aliphatic rings. The fraction of sp³-hybridized carbons (Fsp3) is 0.714. The Bertz CT molecular complexity index is 370. The van der Waals surface area contributed by atoms with Crippen molar-refractivity contribution < 1.29 is 22.8 Å². The molecule has 1 heterocycles. The predicted octanol–water partition coefficient (Wildman–Crippen LogP) is 3.31. The number of hydrogen-bond acceptors (Lipinski definition) is 2. The van der Waals surface area contributed by atoms with Crippen LogP contribution in [0.3, 0.4) is 0 Å². The zero-order valence-corrected chi connectivity index (χ0v) is 11.7. The third-order valence-electron chi connectivity index (χ3n) is 3.52. The van der Waals surface area contributed by atoms with Crippen molar-refractivity contribution in [3.8, 4) is 0 Å². The highest BCUT2D eigenvalue weighted by molar-refractivity contribution is 6.12. The molecule has 20 heavy (non-hydrogen) atoms. The zero-order valence-electron chi connectivity index (χ0n) is 11.7. The summed E-state index contributed by atoms with van der Waals surface area (Å²) in [7, 11) is 0. The maximum Gasteiger partial charge on any atom is 0.392 e. The molecule has 0 N–H and O–H groups in total. The van der Waals surface area contributed by atoms with E-state index in [1.165, 1.54) is 12.2 Å². The highest BCUT2D eigenvalue weighted by Gasteiger charge is 2.40. The van der Waals surface area contributed by atoms with Crippen molar-refractivity contribution in [3.63, 3.8) is 0 Å². The molecule has 114 valence electrons. The van der Waals surface area contributed by atoms with Gasteiger partial charge in [0, 0.05) is 18.7 Å². The monoisotopic (exact) mass is 291 g/mol. The van der Waals surface area contributed by atoms with Crippen LogP contribution in [-0.4, -0.2) is 29.4 Å². The number of carbonyl (C=O) groups excluding carboxylic acids is 2. The molecule has 6 heteroatoms. The van der Waals surface area contributed by atoms with Crippen molar-refractivity contribution in [3.05, 3.63) is 12.2 Å². The Kier molecular flexibility index (Phi) is 5.77. The van der Waals surface area contributed by atoms with E-state index >= 15 is 0 Å². The molecule has 0 unspecified atom stereocenters. The first kappa shape index (κ1) is 16.7. The molecule has 0 aromatic carbocycles. The van der Waals surface area contributed by atoms with Gasteiger partial charge in [0.25, 0.3) is 11.8 Å². The summed E-state index contributed by atoms with van der Waals surface area (Å²) in [4.78, 5) is 23.6. The Hall–Kier alpha value is -1.33. The Morgan fingerprint density at radius 3 is 2.05 bits per heavy atom. The van der Waals surface area contributed by atoms with Gasteiger partial charge >= 0.3 is 6.18 Å². The zero-order chi connectivity index (χ0) is 15.3. The minimum atomic E-state index is -4.15. The van der Waals surface area contributed by atoms with Crippen molar-refractivity contribution in [1.82, 2.24) is 4.90 Å². The molecule has 1 aliphatic heterocycles. The lowest BCUT2D eigenvalue weighted by Gasteiger charge is -2.23. The van der Waals surface area contributed by atoms with Gasteiger partial charge in [-0.3, -0.25) is 14.5 Å². The minimum absolute atomic E-state index is 0.0985. The topological polar surface area (TPSA) is 37.4 Å². The standard InChI is InChI=1S/C14H20F3NO2/c1-10(2)11(14(15,16)17)6-4-3-5-9-18-12(19)7-8-13(18)20/h7-8,10-11H,3-6,9H2,1-2H3/t11-/m1/s1. The summed E-state index contributed by atoms with van der Waals surface area (Å²) in [6.07, 6.45) is -0.0635. The van der Waals surface area contributed by atoms with Gasteiger partial charge in [0.05, 0.1) is 5.92 Å². The number of halogens is 3. The van der Waals surface area contributed by atoms with E-state index in [1.54, 1.807) is 13.8 Å². The van der Waals surface area contributed by atoms with Crippen LogP contribution in [0.1, 0.15) is 39.5 Å². The van der Waals surface area contributed by atoms with Crippen LogP contribution >= 0.6 is 0 Å². The molecule has 1 rings (SSSR count). The van der Waals surface area contributed by atoms with Gasteiger partial charge in [0.15, 0.2) is 0 Å². The molecular formula is C14H20F3NO2. The number of hydrogen-bond donors (Lipinski definition) is 0. The van der Waals surface area contributed by atoms with Crippen LogP contribution in [-0.2, 0) is 9.59 Å². The average molecular weight is 291 g/mol. The number of unbranched alkanes of at least 4 members (excludes halogenated alkanes) is 2. The summed E-state index contributed by atoms with van der Waals surface area (Å²) in [5.74, 6) is -2.39. The molecule has 0 spiro atoms. The third kappa shape index (κ3) is 4.65. The number of alkyl halides is 3. The first-order chi connectivity index (χ1) is 9.23. The van der Waals surface area contributed by atoms with Gasteiger partial charge in [-0.05, 0) is 18.8 Å². The van der Waals surface area contributed by atoms with E-state index in [0.29, 0.717) is 19.3 Å². The van der Waals surface area contributed by atoms with Crippen LogP contribution in [0.15, 0.2) is 12.2 Å². The van der Waals surface area contributed by atoms with Gasteiger partial charge in [0.1, 0.15) is 0 Å². The Balaban J connectivity index is 2.25. The summed E-state index contributed by atoms with van der Waals surface area (Å²) in [6, 6.07) is 0. The van der Waals surface area contributed by atoms with Crippen molar-refractivity contribution in [2.24, 2.45) is 11.8 Å². The summed E-state index contributed by atoms with van der Waals surface area (Å²) in [5.41, 5.74) is 0. The molecule has 0 saturated carbocycles. The number of rotatable bonds is 7. The highest BCUT2D eigenvalue weighted by atomic mass is 19.4. The van der Waals surface area contributed by atoms with Crippen molar-refractivity contribution in [2.45, 2.75) is 45.7 Å². The van der Waals surface area contributed by atoms with Crippen molar-refractivity contribution in [2.75, 3.05) is 6.54 Å². The molecule has 1 atom stereocenters. The van der Waals surface area contributed by atoms with Crippen LogP contribution < -0.4 is 0 Å². The highest BCUT2D eigenvalue weighted by Crippen LogP contribution is 2.35. The molecule has 0 aromatic rings. The first-order valence-corrected chi connectivity index (χ1v) is 6.83. The lowest BCUT2D eigenvalue weighted by Crippen LogP contribution is -2.31. The SMILES string of the molecule is CC(C)[C@@H](CCCCCN1C(=O)C=CC1=O)C(F)(F)F. The van der Waals surface area contributed by atoms with E-state index in [2.05, 4.69) is 0 Å². The van der Waals surface area contributed by atoms with Gasteiger partial charge in [-0.15, -0.1) is 0 Å². The molecule has 0 saturated heterocycles. The second kappa shape index (κ2) is 6.90. The fourth-order valence-electron chi connectivity index (χ4n) is 2.34. The van der Waals surface area contributed by atoms with Gasteiger partial charge in [-0.25, -0.2) is 0 Å². The maximum atomic E-state index is 12.7. The Labute approximate surface area is 116 Å². The maximum absolute atomic E-state index is 12.7. The third-order valence-corrected chi connectivity index (χ3v) is 3.52. The Morgan fingerprint density at radius 2 is 1.60 bits per heavy atom. The predicted molar refractivity (Wildman–Crippen MR) is 68.7 cm³/mol. The van der Waals surface area contributed by atoms with Crippen LogP contribution in [0.4, 0.5) is 13.2 Å². The van der Waals surface area contributed by atoms with Crippen LogP contribution in [0.5, 0.6) is 0 Å². The van der Waals surface area contributed by atoms with E-state index < -0.39 is 18.0 Å². The average Bonchev–Trinajstić information content (AvgIpc) is 2.62. The second-order valence-corrected chi connectivity index (χ2v) is 5.40. The normalized spacial score (nSPS) is 17.4. The second-order valence-electron chi connectivity index (χ2n) is 5.40. The smallest absolute Gasteiger partial charge is 0.275 e. The summed E-state index contributed by atoms with van der Waals surface area (Å²) in [6.45, 7) is 3.43. The van der Waals surface area contributed by atoms with E-state index in [0.717, 1.165) is 4.90 Å². The van der Waals surface area contributed by atoms with Crippen LogP contribution in [0.2, 0.25) is 0 Å². The molecule has 0 radical (unpaired) electrons. The quantitative estimate of drug-likeness (QED) is 0.533. The fourth-order valence-corrected chi connectivity index (χ4v) is 2.34. The van der Waals surface area contributed by atoms with Crippen LogP contribution in [0, 0.1) is 11.8 Å². The number of amides is 2. The lowest BCUT2D eigenvalue weighted by molar-refractivity contribution is -0.187. The molecular weight excluding hydrogens is 271 g/mol. The molecule has 0 aromatic heterocycles. The summed E-state index contributed by atoms with van der Waals surface area (Å²) in [5, 5.41) is 0. The largest absolute Gasteiger partial charge is 0.392 e. The lowest BCUT2D eigenvalue weighted by atomic mass is 9.90. The first-order valence-electron chi connectivity index (χ1n) is 6.83. The number of nitrogens with zero attached hydrogens (tertiary/aromatic N) is 1. The van der Waals surface area contributed by atoms with Crippen molar-refractivity contribution >= 4 is 11.8 Å². The molecule has 3 nitrogen and oxygen atoms in total.